The SMILES string of the molecule is Cc1cc(NC(=O)NC[C@H](c2ccccn2)N2CCOCC2)ccc1Cl. The third kappa shape index (κ3) is 4.94. The summed E-state index contributed by atoms with van der Waals surface area (Å²) in [6.45, 7) is 5.40. The number of anilines is 1. The molecule has 138 valence electrons. The fourth-order valence-electron chi connectivity index (χ4n) is 2.97. The van der Waals surface area contributed by atoms with Crippen LogP contribution in [0.4, 0.5) is 10.5 Å². The number of morpholine rings is 1. The van der Waals surface area contributed by atoms with E-state index in [0.717, 1.165) is 24.3 Å². The molecule has 1 aromatic heterocycles. The fraction of sp³-hybridized carbons (Fsp3) is 0.368. The van der Waals surface area contributed by atoms with E-state index >= 15 is 0 Å². The van der Waals surface area contributed by atoms with Crippen molar-refractivity contribution in [2.75, 3.05) is 38.2 Å². The van der Waals surface area contributed by atoms with Crippen molar-refractivity contribution >= 4 is 23.3 Å². The van der Waals surface area contributed by atoms with Crippen molar-refractivity contribution in [2.45, 2.75) is 13.0 Å². The molecule has 2 heterocycles. The minimum Gasteiger partial charge on any atom is -0.379 e. The Kier molecular flexibility index (Phi) is 6.44. The molecule has 0 unspecified atom stereocenters. The van der Waals surface area contributed by atoms with Gasteiger partial charge in [0.15, 0.2) is 0 Å². The van der Waals surface area contributed by atoms with E-state index in [1.54, 1.807) is 18.3 Å². The van der Waals surface area contributed by atoms with Crippen LogP contribution in [0.5, 0.6) is 0 Å². The Morgan fingerprint density at radius 3 is 2.81 bits per heavy atom. The van der Waals surface area contributed by atoms with Crippen LogP contribution in [0.2, 0.25) is 5.02 Å². The molecule has 2 amide bonds. The summed E-state index contributed by atoms with van der Waals surface area (Å²) in [4.78, 5) is 19.1. The molecule has 1 atom stereocenters. The van der Waals surface area contributed by atoms with Gasteiger partial charge in [-0.3, -0.25) is 9.88 Å². The van der Waals surface area contributed by atoms with Crippen LogP contribution in [0.25, 0.3) is 0 Å². The summed E-state index contributed by atoms with van der Waals surface area (Å²) in [5, 5.41) is 6.48. The van der Waals surface area contributed by atoms with E-state index in [1.165, 1.54) is 0 Å². The van der Waals surface area contributed by atoms with Gasteiger partial charge in [-0.1, -0.05) is 17.7 Å². The summed E-state index contributed by atoms with van der Waals surface area (Å²) in [6, 6.07) is 11.0. The largest absolute Gasteiger partial charge is 0.379 e. The molecule has 1 aliphatic heterocycles. The first kappa shape index (κ1) is 18.6. The predicted molar refractivity (Wildman–Crippen MR) is 103 cm³/mol. The normalized spacial score (nSPS) is 16.1. The molecule has 0 radical (unpaired) electrons. The number of benzene rings is 1. The third-order valence-corrected chi connectivity index (χ3v) is 4.81. The number of pyridine rings is 1. The Morgan fingerprint density at radius 1 is 1.31 bits per heavy atom. The molecule has 1 fully saturated rings. The molecule has 2 N–H and O–H groups in total. The molecular weight excluding hydrogens is 352 g/mol. The van der Waals surface area contributed by atoms with Gasteiger partial charge >= 0.3 is 6.03 Å². The van der Waals surface area contributed by atoms with Gasteiger partial charge in [0.25, 0.3) is 0 Å². The van der Waals surface area contributed by atoms with Gasteiger partial charge in [0.2, 0.25) is 0 Å². The van der Waals surface area contributed by atoms with Gasteiger partial charge in [-0.05, 0) is 42.8 Å². The van der Waals surface area contributed by atoms with E-state index in [0.29, 0.717) is 30.5 Å². The Balaban J connectivity index is 1.63. The molecule has 0 spiro atoms. The van der Waals surface area contributed by atoms with Crippen molar-refractivity contribution < 1.29 is 9.53 Å². The average molecular weight is 375 g/mol. The number of carbonyl (C=O) groups is 1. The molecule has 0 saturated carbocycles. The first-order valence-corrected chi connectivity index (χ1v) is 9.05. The first-order chi connectivity index (χ1) is 12.6. The molecule has 2 aromatic rings. The lowest BCUT2D eigenvalue weighted by Gasteiger charge is -2.34. The van der Waals surface area contributed by atoms with Gasteiger partial charge in [0.1, 0.15) is 0 Å². The number of aromatic nitrogens is 1. The summed E-state index contributed by atoms with van der Waals surface area (Å²) < 4.78 is 5.44. The molecule has 7 heteroatoms. The van der Waals surface area contributed by atoms with Crippen LogP contribution >= 0.6 is 11.6 Å². The Morgan fingerprint density at radius 2 is 2.12 bits per heavy atom. The van der Waals surface area contributed by atoms with E-state index in [9.17, 15) is 4.79 Å². The molecule has 6 nitrogen and oxygen atoms in total. The number of hydrogen-bond donors (Lipinski definition) is 2. The minimum absolute atomic E-state index is 0.0119. The summed E-state index contributed by atoms with van der Waals surface area (Å²) in [5.74, 6) is 0. The van der Waals surface area contributed by atoms with E-state index < -0.39 is 0 Å². The number of ether oxygens (including phenoxy) is 1. The van der Waals surface area contributed by atoms with Gasteiger partial charge < -0.3 is 15.4 Å². The highest BCUT2D eigenvalue weighted by atomic mass is 35.5. The molecule has 1 aliphatic rings. The smallest absolute Gasteiger partial charge is 0.319 e. The third-order valence-electron chi connectivity index (χ3n) is 4.39. The minimum atomic E-state index is -0.249. The number of rotatable bonds is 5. The van der Waals surface area contributed by atoms with Crippen LogP contribution in [-0.4, -0.2) is 48.8 Å². The maximum Gasteiger partial charge on any atom is 0.319 e. The van der Waals surface area contributed by atoms with Gasteiger partial charge in [-0.15, -0.1) is 0 Å². The highest BCUT2D eigenvalue weighted by molar-refractivity contribution is 6.31. The summed E-state index contributed by atoms with van der Waals surface area (Å²) >= 11 is 6.02. The second kappa shape index (κ2) is 8.98. The zero-order valence-electron chi connectivity index (χ0n) is 14.7. The van der Waals surface area contributed by atoms with E-state index in [4.69, 9.17) is 16.3 Å². The Bertz CT molecular complexity index is 736. The summed E-state index contributed by atoms with van der Waals surface area (Å²) in [5.41, 5.74) is 2.58. The van der Waals surface area contributed by atoms with Gasteiger partial charge in [-0.25, -0.2) is 4.79 Å². The standard InChI is InChI=1S/C19H23ClN4O2/c1-14-12-15(5-6-16(14)20)23-19(25)22-13-18(17-4-2-3-7-21-17)24-8-10-26-11-9-24/h2-7,12,18H,8-11,13H2,1H3,(H2,22,23,25)/t18-/m1/s1. The average Bonchev–Trinajstić information content (AvgIpc) is 2.67. The maximum absolute atomic E-state index is 12.3. The molecule has 1 aromatic carbocycles. The monoisotopic (exact) mass is 374 g/mol. The lowest BCUT2D eigenvalue weighted by molar-refractivity contribution is 0.0159. The zero-order chi connectivity index (χ0) is 18.4. The quantitative estimate of drug-likeness (QED) is 0.843. The number of carbonyl (C=O) groups excluding carboxylic acids is 1. The highest BCUT2D eigenvalue weighted by Gasteiger charge is 2.24. The van der Waals surface area contributed by atoms with Crippen molar-refractivity contribution in [3.05, 3.63) is 58.9 Å². The van der Waals surface area contributed by atoms with Gasteiger partial charge in [0, 0.05) is 36.5 Å². The maximum atomic E-state index is 12.3. The lowest BCUT2D eigenvalue weighted by atomic mass is 10.1. The van der Waals surface area contributed by atoms with Gasteiger partial charge in [-0.2, -0.15) is 0 Å². The number of nitrogens with one attached hydrogen (secondary N) is 2. The van der Waals surface area contributed by atoms with Crippen LogP contribution in [0.1, 0.15) is 17.3 Å². The van der Waals surface area contributed by atoms with E-state index in [2.05, 4.69) is 20.5 Å². The number of amides is 2. The predicted octanol–water partition coefficient (Wildman–Crippen LogP) is 3.24. The molecule has 0 aliphatic carbocycles. The van der Waals surface area contributed by atoms with E-state index in [-0.39, 0.29) is 12.1 Å². The van der Waals surface area contributed by atoms with Crippen LogP contribution in [0, 0.1) is 6.92 Å². The topological polar surface area (TPSA) is 66.5 Å². The second-order valence-corrected chi connectivity index (χ2v) is 6.62. The molecular formula is C19H23ClN4O2. The molecule has 3 rings (SSSR count). The van der Waals surface area contributed by atoms with Crippen molar-refractivity contribution in [2.24, 2.45) is 0 Å². The van der Waals surface area contributed by atoms with Crippen LogP contribution in [-0.2, 0) is 4.74 Å². The molecule has 1 saturated heterocycles. The van der Waals surface area contributed by atoms with E-state index in [1.807, 2.05) is 31.2 Å². The number of halogens is 1. The number of aryl methyl sites for hydroxylation is 1. The van der Waals surface area contributed by atoms with Crippen LogP contribution in [0.3, 0.4) is 0 Å². The van der Waals surface area contributed by atoms with Crippen LogP contribution in [0.15, 0.2) is 42.6 Å². The number of urea groups is 1. The fourth-order valence-corrected chi connectivity index (χ4v) is 3.09. The van der Waals surface area contributed by atoms with Crippen molar-refractivity contribution in [1.82, 2.24) is 15.2 Å². The summed E-state index contributed by atoms with van der Waals surface area (Å²) in [7, 11) is 0. The highest BCUT2D eigenvalue weighted by Crippen LogP contribution is 2.20. The van der Waals surface area contributed by atoms with Gasteiger partial charge in [0.05, 0.1) is 24.9 Å². The Hall–Kier alpha value is -2.15. The number of hydrogen-bond acceptors (Lipinski definition) is 4. The molecule has 26 heavy (non-hydrogen) atoms. The van der Waals surface area contributed by atoms with Crippen molar-refractivity contribution in [1.29, 1.82) is 0 Å². The van der Waals surface area contributed by atoms with Crippen LogP contribution < -0.4 is 10.6 Å². The Labute approximate surface area is 158 Å². The van der Waals surface area contributed by atoms with Crippen molar-refractivity contribution in [3.63, 3.8) is 0 Å². The second-order valence-electron chi connectivity index (χ2n) is 6.22. The summed E-state index contributed by atoms with van der Waals surface area (Å²) in [6.07, 6.45) is 1.78. The molecule has 0 bridgehead atoms. The van der Waals surface area contributed by atoms with Crippen molar-refractivity contribution in [3.8, 4) is 0 Å². The number of nitrogens with zero attached hydrogens (tertiary/aromatic N) is 2. The first-order valence-electron chi connectivity index (χ1n) is 8.67. The zero-order valence-corrected chi connectivity index (χ0v) is 15.5. The lowest BCUT2D eigenvalue weighted by Crippen LogP contribution is -2.44.